The molecule has 5 N–H and O–H groups in total. The van der Waals surface area contributed by atoms with Gasteiger partial charge in [0.15, 0.2) is 0 Å². The largest absolute Gasteiger partial charge is 0.363 e. The SMILES string of the molecule is C[C@H](NC(=O)NC(C)(C)C)C(=O)N1CCCC1[C@H](C)C(=O)NC(CC1CCC1)C(=O)C(N)=O. The van der Waals surface area contributed by atoms with Gasteiger partial charge in [0.25, 0.3) is 5.91 Å². The van der Waals surface area contributed by atoms with Crippen LogP contribution >= 0.6 is 0 Å². The minimum Gasteiger partial charge on any atom is -0.363 e. The zero-order chi connectivity index (χ0) is 24.9. The summed E-state index contributed by atoms with van der Waals surface area (Å²) in [5.74, 6) is -2.78. The van der Waals surface area contributed by atoms with Crippen molar-refractivity contribution in [3.05, 3.63) is 0 Å². The monoisotopic (exact) mass is 465 g/mol. The van der Waals surface area contributed by atoms with E-state index in [-0.39, 0.29) is 17.9 Å². The molecule has 1 saturated heterocycles. The standard InChI is InChI=1S/C23H39N5O5/c1-13(20(31)26-16(18(29)19(24)30)12-15-8-6-9-15)17-10-7-11-28(17)21(32)14(2)25-22(33)27-23(3,4)5/h13-17H,6-12H2,1-5H3,(H2,24,30)(H,26,31)(H2,25,27,33)/t13-,14-,16?,17?/m0/s1. The van der Waals surface area contributed by atoms with Crippen molar-refractivity contribution in [2.45, 2.75) is 96.8 Å². The molecule has 10 nitrogen and oxygen atoms in total. The number of amides is 5. The highest BCUT2D eigenvalue weighted by atomic mass is 16.2. The van der Waals surface area contributed by atoms with Crippen molar-refractivity contribution in [2.24, 2.45) is 17.6 Å². The van der Waals surface area contributed by atoms with E-state index in [1.165, 1.54) is 0 Å². The van der Waals surface area contributed by atoms with Gasteiger partial charge >= 0.3 is 6.03 Å². The predicted octanol–water partition coefficient (Wildman–Crippen LogP) is 0.829. The highest BCUT2D eigenvalue weighted by Crippen LogP contribution is 2.31. The van der Waals surface area contributed by atoms with Crippen LogP contribution in [0.15, 0.2) is 0 Å². The van der Waals surface area contributed by atoms with Crippen LogP contribution in [0.5, 0.6) is 0 Å². The molecule has 33 heavy (non-hydrogen) atoms. The van der Waals surface area contributed by atoms with Crippen LogP contribution in [0, 0.1) is 11.8 Å². The fraction of sp³-hybridized carbons (Fsp3) is 0.783. The first kappa shape index (κ1) is 26.6. The number of nitrogens with one attached hydrogen (secondary N) is 3. The second-order valence-electron chi connectivity index (χ2n) is 10.4. The molecule has 1 aliphatic carbocycles. The number of Topliss-reactive ketones (excluding diaryl/α,β-unsaturated/α-hetero) is 1. The summed E-state index contributed by atoms with van der Waals surface area (Å²) < 4.78 is 0. The van der Waals surface area contributed by atoms with Crippen molar-refractivity contribution in [1.82, 2.24) is 20.9 Å². The van der Waals surface area contributed by atoms with Crippen LogP contribution in [-0.2, 0) is 19.2 Å². The summed E-state index contributed by atoms with van der Waals surface area (Å²) in [6.07, 6.45) is 4.78. The predicted molar refractivity (Wildman–Crippen MR) is 123 cm³/mol. The highest BCUT2D eigenvalue weighted by molar-refractivity contribution is 6.37. The Kier molecular flexibility index (Phi) is 8.85. The molecule has 186 valence electrons. The number of hydrogen-bond donors (Lipinski definition) is 4. The van der Waals surface area contributed by atoms with Crippen LogP contribution in [0.1, 0.15) is 73.1 Å². The summed E-state index contributed by atoms with van der Waals surface area (Å²) >= 11 is 0. The lowest BCUT2D eigenvalue weighted by molar-refractivity contribution is -0.140. The van der Waals surface area contributed by atoms with Gasteiger partial charge in [-0.3, -0.25) is 19.2 Å². The first-order chi connectivity index (χ1) is 15.3. The van der Waals surface area contributed by atoms with Gasteiger partial charge in [0.1, 0.15) is 6.04 Å². The first-order valence-corrected chi connectivity index (χ1v) is 11.8. The van der Waals surface area contributed by atoms with Gasteiger partial charge in [-0.05, 0) is 52.9 Å². The molecule has 1 aliphatic heterocycles. The number of rotatable bonds is 9. The molecule has 0 aromatic heterocycles. The van der Waals surface area contributed by atoms with Gasteiger partial charge in [-0.15, -0.1) is 0 Å². The topological polar surface area (TPSA) is 151 Å². The Morgan fingerprint density at radius 2 is 1.64 bits per heavy atom. The van der Waals surface area contributed by atoms with Gasteiger partial charge in [0, 0.05) is 18.1 Å². The second kappa shape index (κ2) is 11.0. The van der Waals surface area contributed by atoms with Crippen LogP contribution in [-0.4, -0.2) is 64.6 Å². The number of carbonyl (C=O) groups is 5. The minimum atomic E-state index is -1.06. The fourth-order valence-corrected chi connectivity index (χ4v) is 4.41. The number of urea groups is 1. The average Bonchev–Trinajstić information content (AvgIpc) is 3.15. The van der Waals surface area contributed by atoms with Gasteiger partial charge in [-0.1, -0.05) is 26.2 Å². The van der Waals surface area contributed by atoms with Gasteiger partial charge < -0.3 is 26.6 Å². The summed E-state index contributed by atoms with van der Waals surface area (Å²) in [7, 11) is 0. The Morgan fingerprint density at radius 1 is 1.00 bits per heavy atom. The Bertz CT molecular complexity index is 774. The van der Waals surface area contributed by atoms with E-state index in [2.05, 4.69) is 16.0 Å². The molecule has 2 fully saturated rings. The number of nitrogens with two attached hydrogens (primary N) is 1. The molecule has 1 heterocycles. The molecule has 2 unspecified atom stereocenters. The van der Waals surface area contributed by atoms with Gasteiger partial charge in [0.2, 0.25) is 17.6 Å². The second-order valence-corrected chi connectivity index (χ2v) is 10.4. The third-order valence-corrected chi connectivity index (χ3v) is 6.45. The molecule has 5 amide bonds. The van der Waals surface area contributed by atoms with Crippen molar-refractivity contribution in [2.75, 3.05) is 6.54 Å². The highest BCUT2D eigenvalue weighted by Gasteiger charge is 2.39. The molecule has 4 atom stereocenters. The van der Waals surface area contributed by atoms with Crippen molar-refractivity contribution < 1.29 is 24.0 Å². The summed E-state index contributed by atoms with van der Waals surface area (Å²) in [5, 5.41) is 8.13. The maximum atomic E-state index is 13.0. The van der Waals surface area contributed by atoms with E-state index in [1.807, 2.05) is 20.8 Å². The Hall–Kier alpha value is -2.65. The quantitative estimate of drug-likeness (QED) is 0.372. The van der Waals surface area contributed by atoms with Crippen LogP contribution in [0.2, 0.25) is 0 Å². The summed E-state index contributed by atoms with van der Waals surface area (Å²) in [4.78, 5) is 63.5. The lowest BCUT2D eigenvalue weighted by Gasteiger charge is -2.33. The van der Waals surface area contributed by atoms with Crippen LogP contribution in [0.3, 0.4) is 0 Å². The number of ketones is 1. The lowest BCUT2D eigenvalue weighted by Crippen LogP contribution is -2.56. The van der Waals surface area contributed by atoms with Gasteiger partial charge in [0.05, 0.1) is 12.0 Å². The number of nitrogens with zero attached hydrogens (tertiary/aromatic N) is 1. The third-order valence-electron chi connectivity index (χ3n) is 6.45. The zero-order valence-corrected chi connectivity index (χ0v) is 20.4. The number of hydrogen-bond acceptors (Lipinski definition) is 5. The number of carbonyl (C=O) groups excluding carboxylic acids is 5. The fourth-order valence-electron chi connectivity index (χ4n) is 4.41. The lowest BCUT2D eigenvalue weighted by atomic mass is 9.80. The minimum absolute atomic E-state index is 0.263. The third kappa shape index (κ3) is 7.43. The maximum Gasteiger partial charge on any atom is 0.315 e. The molecule has 2 aliphatic rings. The van der Waals surface area contributed by atoms with Crippen molar-refractivity contribution in [3.63, 3.8) is 0 Å². The Balaban J connectivity index is 2.01. The molecule has 1 saturated carbocycles. The molecule has 0 aromatic rings. The van der Waals surface area contributed by atoms with Crippen molar-refractivity contribution >= 4 is 29.5 Å². The smallest absolute Gasteiger partial charge is 0.315 e. The van der Waals surface area contributed by atoms with E-state index >= 15 is 0 Å². The average molecular weight is 466 g/mol. The van der Waals surface area contributed by atoms with Crippen molar-refractivity contribution in [1.29, 1.82) is 0 Å². The first-order valence-electron chi connectivity index (χ1n) is 11.8. The van der Waals surface area contributed by atoms with Crippen LogP contribution in [0.4, 0.5) is 4.79 Å². The molecule has 0 aromatic carbocycles. The molecule has 10 heteroatoms. The van der Waals surface area contributed by atoms with E-state index < -0.39 is 41.3 Å². The van der Waals surface area contributed by atoms with Crippen LogP contribution < -0.4 is 21.7 Å². The van der Waals surface area contributed by atoms with E-state index in [0.717, 1.165) is 25.7 Å². The molecule has 2 rings (SSSR count). The molecule has 0 spiro atoms. The molecule has 0 radical (unpaired) electrons. The number of likely N-dealkylation sites (tertiary alicyclic amines) is 1. The van der Waals surface area contributed by atoms with Gasteiger partial charge in [-0.25, -0.2) is 4.79 Å². The molecular formula is C23H39N5O5. The van der Waals surface area contributed by atoms with Crippen LogP contribution in [0.25, 0.3) is 0 Å². The van der Waals surface area contributed by atoms with E-state index in [0.29, 0.717) is 25.3 Å². The summed E-state index contributed by atoms with van der Waals surface area (Å²) in [5.41, 5.74) is 4.75. The Morgan fingerprint density at radius 3 is 2.15 bits per heavy atom. The molecule has 0 bridgehead atoms. The summed E-state index contributed by atoms with van der Waals surface area (Å²) in [6, 6.07) is -2.49. The molecular weight excluding hydrogens is 426 g/mol. The maximum absolute atomic E-state index is 13.0. The normalized spacial score (nSPS) is 21.4. The number of primary amides is 1. The van der Waals surface area contributed by atoms with E-state index in [9.17, 15) is 24.0 Å². The summed E-state index contributed by atoms with van der Waals surface area (Å²) in [6.45, 7) is 9.35. The Labute approximate surface area is 195 Å². The zero-order valence-electron chi connectivity index (χ0n) is 20.4. The van der Waals surface area contributed by atoms with Gasteiger partial charge in [-0.2, -0.15) is 0 Å². The van der Waals surface area contributed by atoms with Crippen molar-refractivity contribution in [3.8, 4) is 0 Å². The van der Waals surface area contributed by atoms with E-state index in [4.69, 9.17) is 5.73 Å². The van der Waals surface area contributed by atoms with E-state index in [1.54, 1.807) is 18.7 Å².